The number of hydrogen-bond acceptors (Lipinski definition) is 4. The average molecular weight is 374 g/mol. The molecule has 0 spiro atoms. The topological polar surface area (TPSA) is 32.8 Å². The number of hydrogen-bond donors (Lipinski definition) is 0. The van der Waals surface area contributed by atoms with E-state index in [-0.39, 0.29) is 17.1 Å². The van der Waals surface area contributed by atoms with Gasteiger partial charge in [0.1, 0.15) is 16.9 Å². The summed E-state index contributed by atoms with van der Waals surface area (Å²) in [6, 6.07) is 14.3. The van der Waals surface area contributed by atoms with E-state index < -0.39 is 0 Å². The number of carbonyl (C=O) groups excluding carboxylic acids is 1. The van der Waals surface area contributed by atoms with Crippen LogP contribution in [0.15, 0.2) is 48.5 Å². The molecule has 4 nitrogen and oxygen atoms in total. The van der Waals surface area contributed by atoms with E-state index in [9.17, 15) is 9.18 Å². The van der Waals surface area contributed by atoms with Crippen molar-refractivity contribution >= 4 is 17.7 Å². The molecule has 0 bridgehead atoms. The summed E-state index contributed by atoms with van der Waals surface area (Å²) in [4.78, 5) is 16.7. The van der Waals surface area contributed by atoms with Crippen LogP contribution in [-0.2, 0) is 11.3 Å². The molecule has 138 valence electrons. The van der Waals surface area contributed by atoms with Crippen molar-refractivity contribution in [1.82, 2.24) is 9.80 Å². The van der Waals surface area contributed by atoms with Crippen molar-refractivity contribution in [3.8, 4) is 5.75 Å². The van der Waals surface area contributed by atoms with E-state index in [0.29, 0.717) is 13.1 Å². The quantitative estimate of drug-likeness (QED) is 0.774. The van der Waals surface area contributed by atoms with Gasteiger partial charge in [0.05, 0.1) is 13.7 Å². The molecule has 0 unspecified atom stereocenters. The van der Waals surface area contributed by atoms with Gasteiger partial charge >= 0.3 is 0 Å². The van der Waals surface area contributed by atoms with Crippen molar-refractivity contribution in [2.75, 3.05) is 33.0 Å². The average Bonchev–Trinajstić information content (AvgIpc) is 3.12. The molecule has 1 saturated heterocycles. The van der Waals surface area contributed by atoms with Crippen LogP contribution in [0, 0.1) is 5.82 Å². The van der Waals surface area contributed by atoms with Gasteiger partial charge in [-0.3, -0.25) is 9.69 Å². The van der Waals surface area contributed by atoms with Crippen LogP contribution in [0.4, 0.5) is 4.39 Å². The summed E-state index contributed by atoms with van der Waals surface area (Å²) < 4.78 is 18.4. The van der Waals surface area contributed by atoms with E-state index in [2.05, 4.69) is 0 Å². The van der Waals surface area contributed by atoms with Gasteiger partial charge in [-0.1, -0.05) is 24.3 Å². The first-order chi connectivity index (χ1) is 12.6. The summed E-state index contributed by atoms with van der Waals surface area (Å²) in [6.07, 6.45) is 0. The summed E-state index contributed by atoms with van der Waals surface area (Å²) in [6.45, 7) is 1.74. The fraction of sp³-hybridized carbons (Fsp3) is 0.350. The SMILES string of the molecule is COc1cccc(CN(C)CC(=O)N2CCS[C@H]2c2ccc(F)cc2)c1. The maximum atomic E-state index is 13.2. The Morgan fingerprint density at radius 3 is 2.81 bits per heavy atom. The zero-order valence-electron chi connectivity index (χ0n) is 15.0. The van der Waals surface area contributed by atoms with Crippen LogP contribution in [0.25, 0.3) is 0 Å². The number of likely N-dealkylation sites (N-methyl/N-ethyl adjacent to an activating group) is 1. The van der Waals surface area contributed by atoms with E-state index in [1.807, 2.05) is 41.1 Å². The first-order valence-corrected chi connectivity index (χ1v) is 9.59. The van der Waals surface area contributed by atoms with Gasteiger partial charge in [0.15, 0.2) is 0 Å². The van der Waals surface area contributed by atoms with Crippen molar-refractivity contribution < 1.29 is 13.9 Å². The van der Waals surface area contributed by atoms with Crippen molar-refractivity contribution in [2.45, 2.75) is 11.9 Å². The van der Waals surface area contributed by atoms with E-state index in [1.54, 1.807) is 31.0 Å². The highest BCUT2D eigenvalue weighted by Crippen LogP contribution is 2.37. The number of amides is 1. The molecule has 1 fully saturated rings. The van der Waals surface area contributed by atoms with E-state index in [0.717, 1.165) is 29.2 Å². The van der Waals surface area contributed by atoms with Crippen LogP contribution in [0.2, 0.25) is 0 Å². The Kier molecular flexibility index (Phi) is 6.16. The second-order valence-electron chi connectivity index (χ2n) is 6.39. The highest BCUT2D eigenvalue weighted by Gasteiger charge is 2.30. The molecule has 2 aromatic carbocycles. The predicted octanol–water partition coefficient (Wildman–Crippen LogP) is 3.54. The zero-order chi connectivity index (χ0) is 18.5. The molecular weight excluding hydrogens is 351 g/mol. The van der Waals surface area contributed by atoms with Gasteiger partial charge in [0.25, 0.3) is 0 Å². The van der Waals surface area contributed by atoms with Gasteiger partial charge in [-0.2, -0.15) is 0 Å². The Morgan fingerprint density at radius 2 is 2.08 bits per heavy atom. The van der Waals surface area contributed by atoms with Crippen LogP contribution >= 0.6 is 11.8 Å². The molecule has 1 aliphatic heterocycles. The van der Waals surface area contributed by atoms with Gasteiger partial charge in [-0.15, -0.1) is 11.8 Å². The van der Waals surface area contributed by atoms with Crippen molar-refractivity contribution in [3.63, 3.8) is 0 Å². The molecule has 2 aromatic rings. The fourth-order valence-corrected chi connectivity index (χ4v) is 4.37. The Bertz CT molecular complexity index is 754. The molecule has 1 heterocycles. The normalized spacial score (nSPS) is 16.9. The first kappa shape index (κ1) is 18.7. The first-order valence-electron chi connectivity index (χ1n) is 8.55. The molecule has 1 amide bonds. The lowest BCUT2D eigenvalue weighted by molar-refractivity contribution is -0.132. The molecular formula is C20H23FN2O2S. The minimum Gasteiger partial charge on any atom is -0.497 e. The number of ether oxygens (including phenoxy) is 1. The van der Waals surface area contributed by atoms with Crippen molar-refractivity contribution in [1.29, 1.82) is 0 Å². The third-order valence-corrected chi connectivity index (χ3v) is 5.62. The Balaban J connectivity index is 1.61. The highest BCUT2D eigenvalue weighted by atomic mass is 32.2. The van der Waals surface area contributed by atoms with Crippen LogP contribution in [0.5, 0.6) is 5.75 Å². The Hall–Kier alpha value is -2.05. The number of nitrogens with zero attached hydrogens (tertiary/aromatic N) is 2. The number of rotatable bonds is 6. The number of halogens is 1. The van der Waals surface area contributed by atoms with E-state index in [1.165, 1.54) is 12.1 Å². The Labute approximate surface area is 157 Å². The van der Waals surface area contributed by atoms with Gasteiger partial charge in [0.2, 0.25) is 5.91 Å². The van der Waals surface area contributed by atoms with Crippen LogP contribution < -0.4 is 4.74 Å². The molecule has 1 aliphatic rings. The molecule has 0 aliphatic carbocycles. The van der Waals surface area contributed by atoms with E-state index >= 15 is 0 Å². The Morgan fingerprint density at radius 1 is 1.31 bits per heavy atom. The molecule has 0 radical (unpaired) electrons. The van der Waals surface area contributed by atoms with Crippen LogP contribution in [0.3, 0.4) is 0 Å². The highest BCUT2D eigenvalue weighted by molar-refractivity contribution is 7.99. The minimum absolute atomic E-state index is 0.0340. The number of thioether (sulfide) groups is 1. The molecule has 1 atom stereocenters. The standard InChI is InChI=1S/C20H23FN2O2S/c1-22(13-15-4-3-5-18(12-15)25-2)14-19(24)23-10-11-26-20(23)16-6-8-17(21)9-7-16/h3-9,12,20H,10-11,13-14H2,1-2H3/t20-/m0/s1. The third kappa shape index (κ3) is 4.56. The number of carbonyl (C=O) groups is 1. The molecule has 0 N–H and O–H groups in total. The monoisotopic (exact) mass is 374 g/mol. The molecule has 26 heavy (non-hydrogen) atoms. The maximum absolute atomic E-state index is 13.2. The second kappa shape index (κ2) is 8.56. The summed E-state index contributed by atoms with van der Waals surface area (Å²) in [7, 11) is 3.58. The van der Waals surface area contributed by atoms with Gasteiger partial charge < -0.3 is 9.64 Å². The number of benzene rings is 2. The molecule has 6 heteroatoms. The van der Waals surface area contributed by atoms with Gasteiger partial charge in [0, 0.05) is 18.8 Å². The lowest BCUT2D eigenvalue weighted by Gasteiger charge is -2.26. The smallest absolute Gasteiger partial charge is 0.237 e. The lowest BCUT2D eigenvalue weighted by Crippen LogP contribution is -2.38. The van der Waals surface area contributed by atoms with Crippen molar-refractivity contribution in [3.05, 3.63) is 65.5 Å². The third-order valence-electron chi connectivity index (χ3n) is 4.36. The fourth-order valence-electron chi connectivity index (χ4n) is 3.09. The minimum atomic E-state index is -0.257. The summed E-state index contributed by atoms with van der Waals surface area (Å²) in [5.41, 5.74) is 2.07. The second-order valence-corrected chi connectivity index (χ2v) is 7.57. The summed E-state index contributed by atoms with van der Waals surface area (Å²) >= 11 is 1.72. The molecule has 3 rings (SSSR count). The molecule has 0 saturated carbocycles. The summed E-state index contributed by atoms with van der Waals surface area (Å²) in [5, 5.41) is -0.0340. The lowest BCUT2D eigenvalue weighted by atomic mass is 10.2. The van der Waals surface area contributed by atoms with Crippen LogP contribution in [-0.4, -0.2) is 48.7 Å². The predicted molar refractivity (Wildman–Crippen MR) is 103 cm³/mol. The zero-order valence-corrected chi connectivity index (χ0v) is 15.8. The number of methoxy groups -OCH3 is 1. The molecule has 0 aromatic heterocycles. The maximum Gasteiger partial charge on any atom is 0.237 e. The van der Waals surface area contributed by atoms with Crippen LogP contribution in [0.1, 0.15) is 16.5 Å². The van der Waals surface area contributed by atoms with Gasteiger partial charge in [-0.05, 0) is 42.4 Å². The van der Waals surface area contributed by atoms with E-state index in [4.69, 9.17) is 4.74 Å². The van der Waals surface area contributed by atoms with Gasteiger partial charge in [-0.25, -0.2) is 4.39 Å². The summed E-state index contributed by atoms with van der Waals surface area (Å²) in [5.74, 6) is 1.55. The largest absolute Gasteiger partial charge is 0.497 e. The van der Waals surface area contributed by atoms with Crippen molar-refractivity contribution in [2.24, 2.45) is 0 Å².